The second-order valence-electron chi connectivity index (χ2n) is 4.08. The molecular weight excluding hydrogens is 208 g/mol. The summed E-state index contributed by atoms with van der Waals surface area (Å²) in [6.45, 7) is 0.593. The molecule has 0 aliphatic carbocycles. The first-order valence-electron chi connectivity index (χ1n) is 5.86. The Hall–Kier alpha value is -1.64. The van der Waals surface area contributed by atoms with Crippen LogP contribution >= 0.6 is 0 Å². The van der Waals surface area contributed by atoms with Gasteiger partial charge in [0, 0.05) is 6.54 Å². The van der Waals surface area contributed by atoms with E-state index >= 15 is 0 Å². The summed E-state index contributed by atoms with van der Waals surface area (Å²) in [5.41, 5.74) is 9.30. The molecule has 88 valence electrons. The highest BCUT2D eigenvalue weighted by Gasteiger charge is 2.10. The fraction of sp³-hybridized carbons (Fsp3) is 0.200. The first-order valence-corrected chi connectivity index (χ1v) is 5.86. The highest BCUT2D eigenvalue weighted by Crippen LogP contribution is 2.21. The smallest absolute Gasteiger partial charge is 0.0574 e. The first kappa shape index (κ1) is 11.8. The van der Waals surface area contributed by atoms with Crippen LogP contribution in [0.5, 0.6) is 0 Å². The van der Waals surface area contributed by atoms with Gasteiger partial charge in [-0.25, -0.2) is 0 Å². The molecule has 0 aliphatic rings. The number of hydrogen-bond donors (Lipinski definition) is 2. The number of rotatable bonds is 4. The third kappa shape index (κ3) is 2.73. The molecule has 1 atom stereocenters. The number of nitrogens with two attached hydrogens (primary N) is 1. The van der Waals surface area contributed by atoms with Gasteiger partial charge in [-0.05, 0) is 23.7 Å². The fourth-order valence-corrected chi connectivity index (χ4v) is 2.02. The van der Waals surface area contributed by atoms with Crippen LogP contribution in [0.1, 0.15) is 22.7 Å². The zero-order chi connectivity index (χ0) is 12.1. The average molecular weight is 226 g/mol. The van der Waals surface area contributed by atoms with Gasteiger partial charge >= 0.3 is 0 Å². The Labute approximate surface area is 102 Å². The largest absolute Gasteiger partial charge is 0.326 e. The second kappa shape index (κ2) is 5.62. The van der Waals surface area contributed by atoms with Gasteiger partial charge in [0.1, 0.15) is 0 Å². The van der Waals surface area contributed by atoms with Crippen molar-refractivity contribution < 1.29 is 0 Å². The van der Waals surface area contributed by atoms with Crippen LogP contribution in [0.3, 0.4) is 0 Å². The lowest BCUT2D eigenvalue weighted by Crippen LogP contribution is -2.17. The Balaban J connectivity index is 2.29. The molecule has 0 radical (unpaired) electrons. The molecule has 0 bridgehead atoms. The maximum absolute atomic E-state index is 5.60. The van der Waals surface area contributed by atoms with Gasteiger partial charge in [0.2, 0.25) is 0 Å². The van der Waals surface area contributed by atoms with Crippen molar-refractivity contribution in [3.05, 3.63) is 71.3 Å². The summed E-state index contributed by atoms with van der Waals surface area (Å²) in [6, 6.07) is 19.1. The Kier molecular flexibility index (Phi) is 3.91. The van der Waals surface area contributed by atoms with Crippen LogP contribution in [0.4, 0.5) is 0 Å². The molecule has 2 rings (SSSR count). The molecule has 3 N–H and O–H groups in total. The Bertz CT molecular complexity index is 448. The van der Waals surface area contributed by atoms with E-state index in [4.69, 9.17) is 5.73 Å². The Morgan fingerprint density at radius 3 is 2.06 bits per heavy atom. The third-order valence-electron chi connectivity index (χ3n) is 2.97. The number of benzene rings is 2. The van der Waals surface area contributed by atoms with Gasteiger partial charge in [-0.1, -0.05) is 54.6 Å². The van der Waals surface area contributed by atoms with Crippen LogP contribution in [-0.4, -0.2) is 7.05 Å². The molecule has 0 amide bonds. The van der Waals surface area contributed by atoms with Crippen molar-refractivity contribution in [3.63, 3.8) is 0 Å². The monoisotopic (exact) mass is 226 g/mol. The number of hydrogen-bond acceptors (Lipinski definition) is 2. The van der Waals surface area contributed by atoms with E-state index in [1.54, 1.807) is 0 Å². The predicted octanol–water partition coefficient (Wildman–Crippen LogP) is 2.45. The molecule has 2 heteroatoms. The third-order valence-corrected chi connectivity index (χ3v) is 2.97. The van der Waals surface area contributed by atoms with Crippen LogP contribution in [0.15, 0.2) is 54.6 Å². The fourth-order valence-electron chi connectivity index (χ4n) is 2.02. The summed E-state index contributed by atoms with van der Waals surface area (Å²) in [4.78, 5) is 0. The SMILES string of the molecule is CNC(c1ccccc1)c1ccc(CN)cc1. The molecule has 0 saturated carbocycles. The Morgan fingerprint density at radius 2 is 1.53 bits per heavy atom. The molecule has 17 heavy (non-hydrogen) atoms. The predicted molar refractivity (Wildman–Crippen MR) is 71.7 cm³/mol. The molecule has 0 spiro atoms. The van der Waals surface area contributed by atoms with Gasteiger partial charge in [0.15, 0.2) is 0 Å². The average Bonchev–Trinajstić information content (AvgIpc) is 2.42. The summed E-state index contributed by atoms with van der Waals surface area (Å²) < 4.78 is 0. The molecule has 0 heterocycles. The lowest BCUT2D eigenvalue weighted by molar-refractivity contribution is 0.691. The minimum atomic E-state index is 0.239. The minimum absolute atomic E-state index is 0.239. The van der Waals surface area contributed by atoms with Crippen LogP contribution in [0.25, 0.3) is 0 Å². The standard InChI is InChI=1S/C15H18N2/c1-17-15(13-5-3-2-4-6-13)14-9-7-12(11-16)8-10-14/h2-10,15,17H,11,16H2,1H3. The van der Waals surface area contributed by atoms with E-state index < -0.39 is 0 Å². The lowest BCUT2D eigenvalue weighted by Gasteiger charge is -2.17. The first-order chi connectivity index (χ1) is 8.35. The summed E-state index contributed by atoms with van der Waals surface area (Å²) in [7, 11) is 1.98. The zero-order valence-electron chi connectivity index (χ0n) is 10.1. The normalized spacial score (nSPS) is 12.4. The Morgan fingerprint density at radius 1 is 0.941 bits per heavy atom. The van der Waals surface area contributed by atoms with E-state index in [2.05, 4.69) is 53.8 Å². The van der Waals surface area contributed by atoms with Crippen molar-refractivity contribution in [1.29, 1.82) is 0 Å². The van der Waals surface area contributed by atoms with Gasteiger partial charge in [-0.2, -0.15) is 0 Å². The number of nitrogens with one attached hydrogen (secondary N) is 1. The van der Waals surface area contributed by atoms with Crippen LogP contribution in [-0.2, 0) is 6.54 Å². The molecule has 2 aromatic rings. The van der Waals surface area contributed by atoms with Gasteiger partial charge in [0.05, 0.1) is 6.04 Å². The molecular formula is C15H18N2. The van der Waals surface area contributed by atoms with Gasteiger partial charge in [-0.3, -0.25) is 0 Å². The molecule has 0 fully saturated rings. The van der Waals surface area contributed by atoms with Crippen LogP contribution < -0.4 is 11.1 Å². The van der Waals surface area contributed by atoms with E-state index in [9.17, 15) is 0 Å². The molecule has 2 aromatic carbocycles. The van der Waals surface area contributed by atoms with Crippen LogP contribution in [0.2, 0.25) is 0 Å². The highest BCUT2D eigenvalue weighted by molar-refractivity contribution is 5.33. The molecule has 0 aromatic heterocycles. The van der Waals surface area contributed by atoms with E-state index in [-0.39, 0.29) is 6.04 Å². The van der Waals surface area contributed by atoms with Crippen LogP contribution in [0, 0.1) is 0 Å². The summed E-state index contributed by atoms with van der Waals surface area (Å²) >= 11 is 0. The van der Waals surface area contributed by atoms with Gasteiger partial charge < -0.3 is 11.1 Å². The minimum Gasteiger partial charge on any atom is -0.326 e. The molecule has 1 unspecified atom stereocenters. The lowest BCUT2D eigenvalue weighted by atomic mass is 9.98. The van der Waals surface area contributed by atoms with Crippen molar-refractivity contribution in [3.8, 4) is 0 Å². The van der Waals surface area contributed by atoms with Crippen molar-refractivity contribution in [2.24, 2.45) is 5.73 Å². The maximum Gasteiger partial charge on any atom is 0.0574 e. The van der Waals surface area contributed by atoms with E-state index in [1.165, 1.54) is 11.1 Å². The molecule has 0 aliphatic heterocycles. The topological polar surface area (TPSA) is 38.0 Å². The van der Waals surface area contributed by atoms with Crippen molar-refractivity contribution >= 4 is 0 Å². The second-order valence-corrected chi connectivity index (χ2v) is 4.08. The summed E-state index contributed by atoms with van der Waals surface area (Å²) in [6.07, 6.45) is 0. The van der Waals surface area contributed by atoms with E-state index in [1.807, 2.05) is 13.1 Å². The molecule has 2 nitrogen and oxygen atoms in total. The quantitative estimate of drug-likeness (QED) is 0.840. The van der Waals surface area contributed by atoms with Crippen molar-refractivity contribution in [1.82, 2.24) is 5.32 Å². The summed E-state index contributed by atoms with van der Waals surface area (Å²) in [5, 5.41) is 3.34. The maximum atomic E-state index is 5.60. The van der Waals surface area contributed by atoms with E-state index in [0.717, 1.165) is 5.56 Å². The summed E-state index contributed by atoms with van der Waals surface area (Å²) in [5.74, 6) is 0. The van der Waals surface area contributed by atoms with Crippen molar-refractivity contribution in [2.75, 3.05) is 7.05 Å². The van der Waals surface area contributed by atoms with Gasteiger partial charge in [0.25, 0.3) is 0 Å². The van der Waals surface area contributed by atoms with Gasteiger partial charge in [-0.15, -0.1) is 0 Å². The highest BCUT2D eigenvalue weighted by atomic mass is 14.9. The van der Waals surface area contributed by atoms with E-state index in [0.29, 0.717) is 6.54 Å². The zero-order valence-corrected chi connectivity index (χ0v) is 10.1. The van der Waals surface area contributed by atoms with Crippen molar-refractivity contribution in [2.45, 2.75) is 12.6 Å². The molecule has 0 saturated heterocycles.